The number of nitrogens with one attached hydrogen (secondary N) is 2. The van der Waals surface area contributed by atoms with Crippen molar-refractivity contribution < 1.29 is 28.7 Å². The van der Waals surface area contributed by atoms with Gasteiger partial charge in [-0.05, 0) is 64.7 Å². The first-order valence-electron chi connectivity index (χ1n) is 11.9. The summed E-state index contributed by atoms with van der Waals surface area (Å²) in [5, 5.41) is 5.34. The SMILES string of the molecule is C=Cc1cccc(C(C(=O)NCCC(=O)OCC)N(C(=O)C(C)NC(=O)OC(C)(C)C)C2CC2)c1. The van der Waals surface area contributed by atoms with E-state index in [0.717, 1.165) is 18.4 Å². The third-order valence-corrected chi connectivity index (χ3v) is 5.22. The Morgan fingerprint density at radius 1 is 1.23 bits per heavy atom. The molecule has 0 heterocycles. The molecule has 2 unspecified atom stereocenters. The van der Waals surface area contributed by atoms with Gasteiger partial charge in [-0.2, -0.15) is 0 Å². The van der Waals surface area contributed by atoms with Crippen molar-refractivity contribution >= 4 is 30.0 Å². The average molecular weight is 488 g/mol. The monoisotopic (exact) mass is 487 g/mol. The molecule has 1 aromatic rings. The summed E-state index contributed by atoms with van der Waals surface area (Å²) in [7, 11) is 0. The van der Waals surface area contributed by atoms with Gasteiger partial charge in [-0.15, -0.1) is 0 Å². The second-order valence-corrected chi connectivity index (χ2v) is 9.47. The molecule has 1 aromatic carbocycles. The van der Waals surface area contributed by atoms with Crippen molar-refractivity contribution in [1.29, 1.82) is 0 Å². The molecule has 9 heteroatoms. The second kappa shape index (κ2) is 12.4. The van der Waals surface area contributed by atoms with E-state index in [2.05, 4.69) is 17.2 Å². The molecule has 1 aliphatic carbocycles. The lowest BCUT2D eigenvalue weighted by molar-refractivity contribution is -0.144. The Kier molecular flexibility index (Phi) is 9.86. The first-order chi connectivity index (χ1) is 16.5. The van der Waals surface area contributed by atoms with Crippen LogP contribution in [0.2, 0.25) is 0 Å². The van der Waals surface area contributed by atoms with Crippen molar-refractivity contribution in [2.75, 3.05) is 13.2 Å². The van der Waals surface area contributed by atoms with Gasteiger partial charge >= 0.3 is 12.1 Å². The smallest absolute Gasteiger partial charge is 0.408 e. The minimum absolute atomic E-state index is 0.0208. The highest BCUT2D eigenvalue weighted by molar-refractivity contribution is 5.92. The molecule has 0 bridgehead atoms. The second-order valence-electron chi connectivity index (χ2n) is 9.47. The van der Waals surface area contributed by atoms with Gasteiger partial charge < -0.3 is 25.0 Å². The van der Waals surface area contributed by atoms with E-state index in [-0.39, 0.29) is 25.6 Å². The van der Waals surface area contributed by atoms with Crippen LogP contribution in [0.1, 0.15) is 71.0 Å². The van der Waals surface area contributed by atoms with E-state index in [1.807, 2.05) is 6.07 Å². The highest BCUT2D eigenvalue weighted by Crippen LogP contribution is 2.35. The summed E-state index contributed by atoms with van der Waals surface area (Å²) in [5.41, 5.74) is 0.700. The van der Waals surface area contributed by atoms with Crippen molar-refractivity contribution in [3.8, 4) is 0 Å². The topological polar surface area (TPSA) is 114 Å². The average Bonchev–Trinajstić information content (AvgIpc) is 3.60. The minimum atomic E-state index is -0.944. The van der Waals surface area contributed by atoms with E-state index < -0.39 is 41.6 Å². The molecule has 1 saturated carbocycles. The Hall–Kier alpha value is -3.36. The highest BCUT2D eigenvalue weighted by atomic mass is 16.6. The van der Waals surface area contributed by atoms with Gasteiger partial charge in [-0.1, -0.05) is 30.9 Å². The van der Waals surface area contributed by atoms with E-state index in [0.29, 0.717) is 5.56 Å². The summed E-state index contributed by atoms with van der Waals surface area (Å²) < 4.78 is 10.2. The number of hydrogen-bond donors (Lipinski definition) is 2. The van der Waals surface area contributed by atoms with Crippen LogP contribution < -0.4 is 10.6 Å². The molecular formula is C26H37N3O6. The molecule has 3 amide bonds. The van der Waals surface area contributed by atoms with Crippen molar-refractivity contribution in [2.24, 2.45) is 0 Å². The van der Waals surface area contributed by atoms with E-state index >= 15 is 0 Å². The van der Waals surface area contributed by atoms with Crippen LogP contribution in [0, 0.1) is 0 Å². The molecule has 35 heavy (non-hydrogen) atoms. The van der Waals surface area contributed by atoms with Crippen LogP contribution in [-0.2, 0) is 23.9 Å². The maximum atomic E-state index is 13.5. The largest absolute Gasteiger partial charge is 0.466 e. The van der Waals surface area contributed by atoms with Gasteiger partial charge in [0, 0.05) is 12.6 Å². The number of esters is 1. The predicted molar refractivity (Wildman–Crippen MR) is 132 cm³/mol. The highest BCUT2D eigenvalue weighted by Gasteiger charge is 2.43. The molecule has 0 saturated heterocycles. The summed E-state index contributed by atoms with van der Waals surface area (Å²) in [6.45, 7) is 12.6. The number of nitrogens with zero attached hydrogens (tertiary/aromatic N) is 1. The van der Waals surface area contributed by atoms with Gasteiger partial charge in [0.15, 0.2) is 0 Å². The van der Waals surface area contributed by atoms with Crippen molar-refractivity contribution in [3.63, 3.8) is 0 Å². The lowest BCUT2D eigenvalue weighted by Gasteiger charge is -2.34. The first kappa shape index (κ1) is 27.9. The molecule has 2 atom stereocenters. The summed E-state index contributed by atoms with van der Waals surface area (Å²) in [6.07, 6.45) is 2.47. The number of carbonyl (C=O) groups is 4. The quantitative estimate of drug-likeness (QED) is 0.463. The summed E-state index contributed by atoms with van der Waals surface area (Å²) in [4.78, 5) is 52.4. The first-order valence-corrected chi connectivity index (χ1v) is 11.9. The Morgan fingerprint density at radius 2 is 1.91 bits per heavy atom. The number of carbonyl (C=O) groups excluding carboxylic acids is 4. The van der Waals surface area contributed by atoms with Gasteiger partial charge in [-0.3, -0.25) is 14.4 Å². The maximum Gasteiger partial charge on any atom is 0.408 e. The molecule has 0 aromatic heterocycles. The lowest BCUT2D eigenvalue weighted by atomic mass is 10.00. The lowest BCUT2D eigenvalue weighted by Crippen LogP contribution is -2.52. The molecule has 0 aliphatic heterocycles. The summed E-state index contributed by atoms with van der Waals surface area (Å²) in [6, 6.07) is 5.22. The fourth-order valence-electron chi connectivity index (χ4n) is 3.55. The van der Waals surface area contributed by atoms with Gasteiger partial charge in [0.05, 0.1) is 13.0 Å². The van der Waals surface area contributed by atoms with Gasteiger partial charge in [0.1, 0.15) is 17.7 Å². The van der Waals surface area contributed by atoms with E-state index in [9.17, 15) is 19.2 Å². The fraction of sp³-hybridized carbons (Fsp3) is 0.538. The molecule has 192 valence electrons. The molecule has 2 N–H and O–H groups in total. The van der Waals surface area contributed by atoms with Crippen molar-refractivity contribution in [2.45, 2.75) is 77.6 Å². The minimum Gasteiger partial charge on any atom is -0.466 e. The standard InChI is InChI=1S/C26H37N3O6/c1-7-18-10-9-11-19(16-18)22(23(31)27-15-14-21(30)34-8-2)29(20-12-13-20)24(32)17(3)28-25(33)35-26(4,5)6/h7,9-11,16-17,20,22H,1,8,12-15H2,2-6H3,(H,27,31)(H,28,33). The molecule has 0 radical (unpaired) electrons. The number of amides is 3. The molecule has 9 nitrogen and oxygen atoms in total. The zero-order chi connectivity index (χ0) is 26.2. The summed E-state index contributed by atoms with van der Waals surface area (Å²) >= 11 is 0. The molecule has 1 aliphatic rings. The van der Waals surface area contributed by atoms with E-state index in [1.165, 1.54) is 4.90 Å². The van der Waals surface area contributed by atoms with Crippen LogP contribution >= 0.6 is 0 Å². The van der Waals surface area contributed by atoms with Gasteiger partial charge in [-0.25, -0.2) is 4.79 Å². The predicted octanol–water partition coefficient (Wildman–Crippen LogP) is 3.34. The third-order valence-electron chi connectivity index (χ3n) is 5.22. The number of ether oxygens (including phenoxy) is 2. The number of benzene rings is 1. The number of hydrogen-bond acceptors (Lipinski definition) is 6. The van der Waals surface area contributed by atoms with Crippen LogP contribution in [0.25, 0.3) is 6.08 Å². The number of alkyl carbamates (subject to hydrolysis) is 1. The zero-order valence-electron chi connectivity index (χ0n) is 21.3. The fourth-order valence-corrected chi connectivity index (χ4v) is 3.55. The van der Waals surface area contributed by atoms with Crippen LogP contribution in [0.5, 0.6) is 0 Å². The van der Waals surface area contributed by atoms with Crippen LogP contribution in [-0.4, -0.2) is 59.6 Å². The molecule has 1 fully saturated rings. The maximum absolute atomic E-state index is 13.5. The van der Waals surface area contributed by atoms with Gasteiger partial charge in [0.2, 0.25) is 11.8 Å². The van der Waals surface area contributed by atoms with Crippen molar-refractivity contribution in [1.82, 2.24) is 15.5 Å². The number of rotatable bonds is 11. The van der Waals surface area contributed by atoms with Crippen LogP contribution in [0.4, 0.5) is 4.79 Å². The Balaban J connectivity index is 2.29. The van der Waals surface area contributed by atoms with Crippen LogP contribution in [0.15, 0.2) is 30.8 Å². The molecule has 0 spiro atoms. The van der Waals surface area contributed by atoms with Crippen molar-refractivity contribution in [3.05, 3.63) is 42.0 Å². The van der Waals surface area contributed by atoms with Crippen LogP contribution in [0.3, 0.4) is 0 Å². The third kappa shape index (κ3) is 8.73. The Bertz CT molecular complexity index is 935. The van der Waals surface area contributed by atoms with E-state index in [4.69, 9.17) is 9.47 Å². The zero-order valence-corrected chi connectivity index (χ0v) is 21.3. The Morgan fingerprint density at radius 3 is 2.49 bits per heavy atom. The normalized spacial score (nSPS) is 14.8. The Labute approximate surface area is 207 Å². The molecular weight excluding hydrogens is 450 g/mol. The van der Waals surface area contributed by atoms with Gasteiger partial charge in [0.25, 0.3) is 0 Å². The van der Waals surface area contributed by atoms with E-state index in [1.54, 1.807) is 58.9 Å². The summed E-state index contributed by atoms with van der Waals surface area (Å²) in [5.74, 6) is -1.23. The molecule has 2 rings (SSSR count).